The van der Waals surface area contributed by atoms with Gasteiger partial charge in [0.05, 0.1) is 11.1 Å². The first-order valence-corrected chi connectivity index (χ1v) is 12.7. The Kier molecular flexibility index (Phi) is 19.9. The van der Waals surface area contributed by atoms with E-state index in [1.54, 1.807) is 7.05 Å². The monoisotopic (exact) mass is 463 g/mol. The zero-order chi connectivity index (χ0) is 24.7. The predicted octanol–water partition coefficient (Wildman–Crippen LogP) is 7.08. The van der Waals surface area contributed by atoms with Gasteiger partial charge in [0.25, 0.3) is 0 Å². The molecule has 0 heterocycles. The van der Waals surface area contributed by atoms with E-state index in [4.69, 9.17) is 10.2 Å². The van der Waals surface area contributed by atoms with Crippen LogP contribution in [0.2, 0.25) is 0 Å². The smallest absolute Gasteiger partial charge is 0.335 e. The van der Waals surface area contributed by atoms with Crippen LogP contribution >= 0.6 is 0 Å². The van der Waals surface area contributed by atoms with E-state index in [1.807, 2.05) is 0 Å². The minimum Gasteiger partial charge on any atom is -0.478 e. The molecule has 0 spiro atoms. The van der Waals surface area contributed by atoms with E-state index in [2.05, 4.69) is 12.2 Å². The molecule has 33 heavy (non-hydrogen) atoms. The quantitative estimate of drug-likeness (QED) is 0.202. The molecule has 1 amide bonds. The number of unbranched alkanes of at least 4 members (excludes halogenated alkanes) is 14. The molecule has 0 fully saturated rings. The first-order chi connectivity index (χ1) is 15.9. The predicted molar refractivity (Wildman–Crippen MR) is 134 cm³/mol. The molecule has 0 aliphatic carbocycles. The fourth-order valence-corrected chi connectivity index (χ4v) is 3.54. The van der Waals surface area contributed by atoms with Crippen molar-refractivity contribution < 1.29 is 24.6 Å². The number of aromatic carboxylic acids is 2. The molecule has 0 aromatic heterocycles. The summed E-state index contributed by atoms with van der Waals surface area (Å²) in [5.74, 6) is -1.94. The molecule has 6 nitrogen and oxygen atoms in total. The topological polar surface area (TPSA) is 104 Å². The lowest BCUT2D eigenvalue weighted by Gasteiger charge is -2.03. The Morgan fingerprint density at radius 2 is 0.909 bits per heavy atom. The van der Waals surface area contributed by atoms with E-state index in [-0.39, 0.29) is 17.0 Å². The third-order valence-corrected chi connectivity index (χ3v) is 5.67. The first kappa shape index (κ1) is 30.6. The number of hydrogen-bond acceptors (Lipinski definition) is 3. The van der Waals surface area contributed by atoms with Gasteiger partial charge in [-0.2, -0.15) is 0 Å². The van der Waals surface area contributed by atoms with Gasteiger partial charge in [0.1, 0.15) is 0 Å². The maximum absolute atomic E-state index is 11.0. The summed E-state index contributed by atoms with van der Waals surface area (Å²) in [7, 11) is 1.72. The molecule has 1 aromatic carbocycles. The Balaban J connectivity index is 0.000000716. The van der Waals surface area contributed by atoms with E-state index >= 15 is 0 Å². The second-order valence-electron chi connectivity index (χ2n) is 8.56. The maximum Gasteiger partial charge on any atom is 0.335 e. The average Bonchev–Trinajstić information content (AvgIpc) is 2.81. The van der Waals surface area contributed by atoms with E-state index in [9.17, 15) is 14.4 Å². The molecule has 0 radical (unpaired) electrons. The second kappa shape index (κ2) is 21.5. The van der Waals surface area contributed by atoms with Crippen molar-refractivity contribution in [2.45, 2.75) is 110 Å². The first-order valence-electron chi connectivity index (χ1n) is 12.7. The number of hydrogen-bond donors (Lipinski definition) is 3. The largest absolute Gasteiger partial charge is 0.478 e. The minimum absolute atomic E-state index is 0.0833. The van der Waals surface area contributed by atoms with Gasteiger partial charge in [-0.05, 0) is 30.7 Å². The Morgan fingerprint density at radius 3 is 1.18 bits per heavy atom. The number of amides is 1. The van der Waals surface area contributed by atoms with Crippen LogP contribution in [0.5, 0.6) is 0 Å². The Hall–Kier alpha value is -2.37. The number of carbonyl (C=O) groups excluding carboxylic acids is 1. The van der Waals surface area contributed by atoms with Gasteiger partial charge >= 0.3 is 11.9 Å². The number of nitrogens with one attached hydrogen (secondary N) is 1. The van der Waals surface area contributed by atoms with Gasteiger partial charge in [-0.1, -0.05) is 96.8 Å². The summed E-state index contributed by atoms with van der Waals surface area (Å²) < 4.78 is 0. The second-order valence-corrected chi connectivity index (χ2v) is 8.56. The molecule has 1 aromatic rings. The molecule has 1 rings (SSSR count). The molecule has 0 aliphatic rings. The molecule has 188 valence electrons. The summed E-state index contributed by atoms with van der Waals surface area (Å²) in [6.07, 6.45) is 21.3. The molecular weight excluding hydrogens is 418 g/mol. The maximum atomic E-state index is 11.0. The van der Waals surface area contributed by atoms with Crippen LogP contribution in [0.1, 0.15) is 130 Å². The summed E-state index contributed by atoms with van der Waals surface area (Å²) >= 11 is 0. The molecular formula is C27H45NO5. The van der Waals surface area contributed by atoms with Gasteiger partial charge < -0.3 is 15.5 Å². The summed E-state index contributed by atoms with van der Waals surface area (Å²) in [5, 5.41) is 19.6. The lowest BCUT2D eigenvalue weighted by atomic mass is 10.0. The van der Waals surface area contributed by atoms with Crippen molar-refractivity contribution in [3.63, 3.8) is 0 Å². The van der Waals surface area contributed by atoms with Crippen LogP contribution < -0.4 is 5.32 Å². The van der Waals surface area contributed by atoms with E-state index < -0.39 is 11.9 Å². The highest BCUT2D eigenvalue weighted by Crippen LogP contribution is 2.13. The molecule has 6 heteroatoms. The molecule has 0 bridgehead atoms. The van der Waals surface area contributed by atoms with Crippen LogP contribution in [0.3, 0.4) is 0 Å². The highest BCUT2D eigenvalue weighted by Gasteiger charge is 2.05. The van der Waals surface area contributed by atoms with E-state index in [0.717, 1.165) is 6.42 Å². The fraction of sp³-hybridized carbons (Fsp3) is 0.667. The molecule has 0 saturated carbocycles. The van der Waals surface area contributed by atoms with Crippen LogP contribution in [-0.2, 0) is 4.79 Å². The van der Waals surface area contributed by atoms with Crippen LogP contribution in [-0.4, -0.2) is 35.1 Å². The van der Waals surface area contributed by atoms with Crippen molar-refractivity contribution in [3.05, 3.63) is 35.4 Å². The van der Waals surface area contributed by atoms with Crippen LogP contribution in [0.4, 0.5) is 0 Å². The lowest BCUT2D eigenvalue weighted by Crippen LogP contribution is -2.16. The van der Waals surface area contributed by atoms with Gasteiger partial charge in [0.15, 0.2) is 0 Å². The standard InChI is InChI=1S/C19H39NO.C8H6O4/c1-3-4-5-6-7-8-9-10-11-12-13-14-15-16-17-18-19(21)20-2;9-7(10)5-1-2-6(4-3-5)8(11)12/h3-18H2,1-2H3,(H,20,21);1-4H,(H,9,10)(H,11,12). The zero-order valence-electron chi connectivity index (χ0n) is 20.7. The molecule has 0 unspecified atom stereocenters. The van der Waals surface area contributed by atoms with Crippen LogP contribution in [0.25, 0.3) is 0 Å². The molecule has 0 aliphatic heterocycles. The molecule has 3 N–H and O–H groups in total. The van der Waals surface area contributed by atoms with Gasteiger partial charge in [-0.3, -0.25) is 4.79 Å². The van der Waals surface area contributed by atoms with Crippen molar-refractivity contribution in [3.8, 4) is 0 Å². The third-order valence-electron chi connectivity index (χ3n) is 5.67. The summed E-state index contributed by atoms with van der Waals surface area (Å²) in [6, 6.07) is 5.02. The number of rotatable bonds is 18. The van der Waals surface area contributed by atoms with Crippen LogP contribution in [0, 0.1) is 0 Å². The van der Waals surface area contributed by atoms with Crippen molar-refractivity contribution in [1.29, 1.82) is 0 Å². The normalized spacial score (nSPS) is 10.2. The Bertz CT molecular complexity index is 609. The minimum atomic E-state index is -1.06. The van der Waals surface area contributed by atoms with Gasteiger partial charge in [0.2, 0.25) is 5.91 Å². The Morgan fingerprint density at radius 1 is 0.606 bits per heavy atom. The summed E-state index contributed by atoms with van der Waals surface area (Å²) in [5.41, 5.74) is 0.167. The molecule has 0 atom stereocenters. The van der Waals surface area contributed by atoms with Crippen molar-refractivity contribution >= 4 is 17.8 Å². The average molecular weight is 464 g/mol. The highest BCUT2D eigenvalue weighted by molar-refractivity contribution is 5.91. The highest BCUT2D eigenvalue weighted by atomic mass is 16.4. The summed E-state index contributed by atoms with van der Waals surface area (Å²) in [6.45, 7) is 2.28. The molecule has 0 saturated heterocycles. The van der Waals surface area contributed by atoms with Gasteiger partial charge in [-0.25, -0.2) is 9.59 Å². The van der Waals surface area contributed by atoms with Crippen LogP contribution in [0.15, 0.2) is 24.3 Å². The number of carbonyl (C=O) groups is 3. The van der Waals surface area contributed by atoms with E-state index in [0.29, 0.717) is 6.42 Å². The Labute approximate surface area is 200 Å². The van der Waals surface area contributed by atoms with Gasteiger partial charge in [0, 0.05) is 13.5 Å². The number of carboxylic acids is 2. The van der Waals surface area contributed by atoms with Gasteiger partial charge in [-0.15, -0.1) is 0 Å². The van der Waals surface area contributed by atoms with Crippen molar-refractivity contribution in [2.24, 2.45) is 0 Å². The number of carboxylic acid groups (broad SMARTS) is 2. The van der Waals surface area contributed by atoms with Crippen molar-refractivity contribution in [1.82, 2.24) is 5.32 Å². The zero-order valence-corrected chi connectivity index (χ0v) is 20.7. The fourth-order valence-electron chi connectivity index (χ4n) is 3.54. The summed E-state index contributed by atoms with van der Waals surface area (Å²) in [4.78, 5) is 31.7. The SMILES string of the molecule is CCCCCCCCCCCCCCCCCC(=O)NC.O=C(O)c1ccc(C(=O)O)cc1. The van der Waals surface area contributed by atoms with Crippen molar-refractivity contribution in [2.75, 3.05) is 7.05 Å². The third kappa shape index (κ3) is 18.9. The number of benzene rings is 1. The lowest BCUT2D eigenvalue weighted by molar-refractivity contribution is -0.120. The van der Waals surface area contributed by atoms with E-state index in [1.165, 1.54) is 114 Å².